The number of hydrogen-bond donors (Lipinski definition) is 0. The van der Waals surface area contributed by atoms with E-state index in [0.717, 1.165) is 4.88 Å². The van der Waals surface area contributed by atoms with Crippen molar-refractivity contribution in [3.63, 3.8) is 0 Å². The van der Waals surface area contributed by atoms with Crippen molar-refractivity contribution < 1.29 is 4.79 Å². The average molecular weight is 182 g/mol. The van der Waals surface area contributed by atoms with Crippen molar-refractivity contribution in [3.8, 4) is 0 Å². The molecule has 0 aliphatic carbocycles. The molecule has 0 aromatic carbocycles. The highest BCUT2D eigenvalue weighted by Crippen LogP contribution is 2.23. The molecule has 0 atom stereocenters. The minimum absolute atomic E-state index is 0.0983. The quantitative estimate of drug-likeness (QED) is 0.641. The topological polar surface area (TPSA) is 17.1 Å². The molecular weight excluding hydrogens is 168 g/mol. The molecule has 0 aliphatic rings. The van der Waals surface area contributed by atoms with Gasteiger partial charge in [-0.1, -0.05) is 26.8 Å². The largest absolute Gasteiger partial charge is 0.293 e. The Morgan fingerprint density at radius 1 is 1.50 bits per heavy atom. The number of thiophene rings is 1. The molecule has 0 saturated heterocycles. The maximum absolute atomic E-state index is 11.5. The van der Waals surface area contributed by atoms with Crippen molar-refractivity contribution in [2.75, 3.05) is 0 Å². The Morgan fingerprint density at radius 3 is 2.58 bits per heavy atom. The van der Waals surface area contributed by atoms with Crippen LogP contribution in [0.15, 0.2) is 17.5 Å². The first kappa shape index (κ1) is 9.46. The molecule has 2 heteroatoms. The third kappa shape index (κ3) is 2.78. The van der Waals surface area contributed by atoms with Crippen LogP contribution >= 0.6 is 11.3 Å². The molecule has 0 amide bonds. The van der Waals surface area contributed by atoms with Crippen molar-refractivity contribution >= 4 is 17.1 Å². The van der Waals surface area contributed by atoms with Crippen molar-refractivity contribution in [3.05, 3.63) is 22.4 Å². The van der Waals surface area contributed by atoms with E-state index in [9.17, 15) is 4.79 Å². The average Bonchev–Trinajstić information content (AvgIpc) is 2.32. The Morgan fingerprint density at radius 2 is 2.17 bits per heavy atom. The molecule has 0 radical (unpaired) electrons. The van der Waals surface area contributed by atoms with Crippen LogP contribution in [0.2, 0.25) is 0 Å². The number of Topliss-reactive ketones (excluding diaryl/α,β-unsaturated/α-hetero) is 1. The summed E-state index contributed by atoms with van der Waals surface area (Å²) < 4.78 is 0. The summed E-state index contributed by atoms with van der Waals surface area (Å²) in [5.41, 5.74) is 0.0983. The van der Waals surface area contributed by atoms with Gasteiger partial charge in [0, 0.05) is 6.42 Å². The van der Waals surface area contributed by atoms with E-state index in [-0.39, 0.29) is 11.2 Å². The number of carbonyl (C=O) groups excluding carboxylic acids is 1. The third-order valence-electron chi connectivity index (χ3n) is 1.49. The lowest BCUT2D eigenvalue weighted by Gasteiger charge is -2.15. The molecule has 66 valence electrons. The molecule has 12 heavy (non-hydrogen) atoms. The van der Waals surface area contributed by atoms with Crippen LogP contribution in [-0.4, -0.2) is 5.78 Å². The summed E-state index contributed by atoms with van der Waals surface area (Å²) in [4.78, 5) is 12.4. The fraction of sp³-hybridized carbons (Fsp3) is 0.500. The van der Waals surface area contributed by atoms with Gasteiger partial charge < -0.3 is 0 Å². The SMILES string of the molecule is CC(C)(C)CC(=O)c1cccs1. The molecule has 1 rings (SSSR count). The van der Waals surface area contributed by atoms with E-state index in [1.165, 1.54) is 11.3 Å². The first-order valence-corrected chi connectivity index (χ1v) is 4.94. The zero-order valence-corrected chi connectivity index (χ0v) is 8.57. The van der Waals surface area contributed by atoms with Crippen molar-refractivity contribution in [2.45, 2.75) is 27.2 Å². The third-order valence-corrected chi connectivity index (χ3v) is 2.40. The predicted molar refractivity (Wildman–Crippen MR) is 52.7 cm³/mol. The van der Waals surface area contributed by atoms with Crippen molar-refractivity contribution in [1.82, 2.24) is 0 Å². The summed E-state index contributed by atoms with van der Waals surface area (Å²) in [6.07, 6.45) is 0.632. The van der Waals surface area contributed by atoms with Gasteiger partial charge in [0.25, 0.3) is 0 Å². The van der Waals surface area contributed by atoms with Gasteiger partial charge in [-0.15, -0.1) is 11.3 Å². The van der Waals surface area contributed by atoms with Gasteiger partial charge in [-0.3, -0.25) is 4.79 Å². The smallest absolute Gasteiger partial charge is 0.173 e. The highest BCUT2D eigenvalue weighted by atomic mass is 32.1. The van der Waals surface area contributed by atoms with Crippen molar-refractivity contribution in [1.29, 1.82) is 0 Å². The van der Waals surface area contributed by atoms with Gasteiger partial charge in [-0.2, -0.15) is 0 Å². The molecule has 0 N–H and O–H groups in total. The van der Waals surface area contributed by atoms with Crippen LogP contribution in [-0.2, 0) is 0 Å². The summed E-state index contributed by atoms with van der Waals surface area (Å²) >= 11 is 1.52. The second kappa shape index (κ2) is 3.40. The van der Waals surface area contributed by atoms with E-state index in [1.807, 2.05) is 17.5 Å². The van der Waals surface area contributed by atoms with Crippen LogP contribution in [0.4, 0.5) is 0 Å². The highest BCUT2D eigenvalue weighted by molar-refractivity contribution is 7.12. The molecule has 0 fully saturated rings. The van der Waals surface area contributed by atoms with E-state index in [4.69, 9.17) is 0 Å². The fourth-order valence-corrected chi connectivity index (χ4v) is 1.67. The van der Waals surface area contributed by atoms with Gasteiger partial charge in [0.1, 0.15) is 0 Å². The Hall–Kier alpha value is -0.630. The van der Waals surface area contributed by atoms with Gasteiger partial charge in [-0.05, 0) is 16.9 Å². The van der Waals surface area contributed by atoms with Gasteiger partial charge in [0.05, 0.1) is 4.88 Å². The Balaban J connectivity index is 2.63. The number of hydrogen-bond acceptors (Lipinski definition) is 2. The summed E-state index contributed by atoms with van der Waals surface area (Å²) in [6, 6.07) is 3.80. The summed E-state index contributed by atoms with van der Waals surface area (Å²) in [7, 11) is 0. The Labute approximate surface area is 77.4 Å². The van der Waals surface area contributed by atoms with E-state index >= 15 is 0 Å². The van der Waals surface area contributed by atoms with Crippen LogP contribution in [0, 0.1) is 5.41 Å². The van der Waals surface area contributed by atoms with E-state index in [1.54, 1.807) is 0 Å². The summed E-state index contributed by atoms with van der Waals surface area (Å²) in [5, 5.41) is 1.94. The Kier molecular flexibility index (Phi) is 2.68. The van der Waals surface area contributed by atoms with E-state index < -0.39 is 0 Å². The maximum atomic E-state index is 11.5. The van der Waals surface area contributed by atoms with Gasteiger partial charge in [0.2, 0.25) is 0 Å². The van der Waals surface area contributed by atoms with Gasteiger partial charge >= 0.3 is 0 Å². The van der Waals surface area contributed by atoms with Crippen LogP contribution in [0.3, 0.4) is 0 Å². The normalized spacial score (nSPS) is 11.6. The highest BCUT2D eigenvalue weighted by Gasteiger charge is 2.17. The van der Waals surface area contributed by atoms with Crippen LogP contribution in [0.5, 0.6) is 0 Å². The van der Waals surface area contributed by atoms with Crippen LogP contribution in [0.25, 0.3) is 0 Å². The molecule has 0 spiro atoms. The molecule has 0 bridgehead atoms. The van der Waals surface area contributed by atoms with E-state index in [2.05, 4.69) is 20.8 Å². The minimum Gasteiger partial charge on any atom is -0.293 e. The van der Waals surface area contributed by atoms with Crippen LogP contribution in [0.1, 0.15) is 36.9 Å². The lowest BCUT2D eigenvalue weighted by molar-refractivity contribution is 0.0944. The zero-order valence-electron chi connectivity index (χ0n) is 7.76. The lowest BCUT2D eigenvalue weighted by atomic mass is 9.90. The molecular formula is C10H14OS. The fourth-order valence-electron chi connectivity index (χ4n) is 1.01. The number of ketones is 1. The summed E-state index contributed by atoms with van der Waals surface area (Å²) in [6.45, 7) is 6.25. The monoisotopic (exact) mass is 182 g/mol. The maximum Gasteiger partial charge on any atom is 0.173 e. The van der Waals surface area contributed by atoms with E-state index in [0.29, 0.717) is 6.42 Å². The first-order chi connectivity index (χ1) is 5.49. The standard InChI is InChI=1S/C10H14OS/c1-10(2,3)7-8(11)9-5-4-6-12-9/h4-6H,7H2,1-3H3. The molecule has 1 heterocycles. The molecule has 1 nitrogen and oxygen atoms in total. The molecule has 0 saturated carbocycles. The Bertz CT molecular complexity index is 254. The second-order valence-electron chi connectivity index (χ2n) is 4.14. The van der Waals surface area contributed by atoms with Crippen molar-refractivity contribution in [2.24, 2.45) is 5.41 Å². The molecule has 0 aliphatic heterocycles. The first-order valence-electron chi connectivity index (χ1n) is 4.06. The second-order valence-corrected chi connectivity index (χ2v) is 5.09. The van der Waals surface area contributed by atoms with Gasteiger partial charge in [0.15, 0.2) is 5.78 Å². The minimum atomic E-state index is 0.0983. The van der Waals surface area contributed by atoms with Gasteiger partial charge in [-0.25, -0.2) is 0 Å². The number of rotatable bonds is 2. The molecule has 1 aromatic rings. The molecule has 1 aromatic heterocycles. The molecule has 0 unspecified atom stereocenters. The predicted octanol–water partition coefficient (Wildman–Crippen LogP) is 3.37. The summed E-state index contributed by atoms with van der Waals surface area (Å²) in [5.74, 6) is 0.262. The van der Waals surface area contributed by atoms with Crippen LogP contribution < -0.4 is 0 Å². The zero-order chi connectivity index (χ0) is 9.19. The lowest BCUT2D eigenvalue weighted by Crippen LogP contribution is -2.11. The number of carbonyl (C=O) groups is 1.